The van der Waals surface area contributed by atoms with Gasteiger partial charge in [0.1, 0.15) is 5.82 Å². The maximum absolute atomic E-state index is 13.0. The molecule has 1 unspecified atom stereocenters. The van der Waals surface area contributed by atoms with Gasteiger partial charge >= 0.3 is 0 Å². The largest absolute Gasteiger partial charge is 0.338 e. The van der Waals surface area contributed by atoms with Crippen LogP contribution in [0.1, 0.15) is 23.2 Å². The molecule has 1 heterocycles. The van der Waals surface area contributed by atoms with E-state index in [4.69, 9.17) is 5.14 Å². The van der Waals surface area contributed by atoms with E-state index < -0.39 is 21.8 Å². The highest BCUT2D eigenvalue weighted by molar-refractivity contribution is 7.89. The van der Waals surface area contributed by atoms with Crippen molar-refractivity contribution in [3.8, 4) is 0 Å². The predicted octanol–water partition coefficient (Wildman–Crippen LogP) is 1.96. The van der Waals surface area contributed by atoms with Gasteiger partial charge in [0.2, 0.25) is 15.9 Å². The first-order valence-electron chi connectivity index (χ1n) is 8.72. The van der Waals surface area contributed by atoms with Gasteiger partial charge in [-0.25, -0.2) is 17.9 Å². The number of sulfonamides is 1. The Bertz CT molecular complexity index is 975. The molecule has 1 aliphatic heterocycles. The van der Waals surface area contributed by atoms with Gasteiger partial charge in [-0.05, 0) is 61.4 Å². The van der Waals surface area contributed by atoms with Crippen molar-refractivity contribution in [2.45, 2.75) is 17.7 Å². The molecule has 2 aromatic carbocycles. The lowest BCUT2D eigenvalue weighted by Gasteiger charge is -2.32. The Morgan fingerprint density at radius 3 is 2.32 bits per heavy atom. The number of hydrogen-bond acceptors (Lipinski definition) is 4. The summed E-state index contributed by atoms with van der Waals surface area (Å²) in [5.74, 6) is -1.30. The number of nitrogens with two attached hydrogens (primary N) is 1. The lowest BCUT2D eigenvalue weighted by Crippen LogP contribution is -2.43. The summed E-state index contributed by atoms with van der Waals surface area (Å²) in [6, 6.07) is 10.9. The van der Waals surface area contributed by atoms with Gasteiger partial charge in [0.05, 0.1) is 10.8 Å². The number of primary sulfonamides is 1. The molecule has 28 heavy (non-hydrogen) atoms. The standard InChI is InChI=1S/C19H20FN3O4S/c20-15-5-3-13(4-6-15)19(25)23-11-1-2-14(12-23)18(24)22-16-7-9-17(10-8-16)28(21,26)27/h3-10,14H,1-2,11-12H2,(H,22,24)(H2,21,26,27). The molecule has 148 valence electrons. The average Bonchev–Trinajstić information content (AvgIpc) is 2.68. The Morgan fingerprint density at radius 2 is 1.71 bits per heavy atom. The van der Waals surface area contributed by atoms with Crippen LogP contribution in [0, 0.1) is 11.7 Å². The van der Waals surface area contributed by atoms with Crippen LogP contribution in [0.3, 0.4) is 0 Å². The zero-order valence-corrected chi connectivity index (χ0v) is 15.8. The van der Waals surface area contributed by atoms with Crippen LogP contribution in [0.15, 0.2) is 53.4 Å². The molecule has 0 aliphatic carbocycles. The third-order valence-corrected chi connectivity index (χ3v) is 5.55. The van der Waals surface area contributed by atoms with Crippen molar-refractivity contribution in [2.75, 3.05) is 18.4 Å². The third-order valence-electron chi connectivity index (χ3n) is 4.62. The van der Waals surface area contributed by atoms with Crippen LogP contribution in [0.2, 0.25) is 0 Å². The van der Waals surface area contributed by atoms with E-state index >= 15 is 0 Å². The molecule has 0 saturated carbocycles. The highest BCUT2D eigenvalue weighted by Crippen LogP contribution is 2.21. The maximum Gasteiger partial charge on any atom is 0.253 e. The number of hydrogen-bond donors (Lipinski definition) is 2. The van der Waals surface area contributed by atoms with Crippen molar-refractivity contribution in [3.63, 3.8) is 0 Å². The topological polar surface area (TPSA) is 110 Å². The van der Waals surface area contributed by atoms with Gasteiger partial charge in [0.15, 0.2) is 0 Å². The van der Waals surface area contributed by atoms with Crippen LogP contribution >= 0.6 is 0 Å². The first-order chi connectivity index (χ1) is 13.2. The number of piperidine rings is 1. The van der Waals surface area contributed by atoms with Crippen molar-refractivity contribution >= 4 is 27.5 Å². The van der Waals surface area contributed by atoms with Crippen LogP contribution in [0.25, 0.3) is 0 Å². The van der Waals surface area contributed by atoms with E-state index in [9.17, 15) is 22.4 Å². The fourth-order valence-electron chi connectivity index (χ4n) is 3.12. The Morgan fingerprint density at radius 1 is 1.07 bits per heavy atom. The number of benzene rings is 2. The Hall–Kier alpha value is -2.78. The Labute approximate surface area is 162 Å². The zero-order chi connectivity index (χ0) is 20.3. The second-order valence-corrected chi connectivity index (χ2v) is 8.22. The normalized spacial score (nSPS) is 17.2. The number of rotatable bonds is 4. The minimum absolute atomic E-state index is 0.0424. The number of nitrogens with zero attached hydrogens (tertiary/aromatic N) is 1. The second-order valence-electron chi connectivity index (χ2n) is 6.66. The van der Waals surface area contributed by atoms with E-state index in [1.807, 2.05) is 0 Å². The number of amides is 2. The first kappa shape index (κ1) is 20.0. The fourth-order valence-corrected chi connectivity index (χ4v) is 3.64. The first-order valence-corrected chi connectivity index (χ1v) is 10.3. The molecule has 2 amide bonds. The van der Waals surface area contributed by atoms with Crippen molar-refractivity contribution in [3.05, 3.63) is 59.9 Å². The van der Waals surface area contributed by atoms with Gasteiger partial charge in [0, 0.05) is 24.3 Å². The summed E-state index contributed by atoms with van der Waals surface area (Å²) in [6.45, 7) is 0.792. The minimum atomic E-state index is -3.79. The van der Waals surface area contributed by atoms with Gasteiger partial charge in [0.25, 0.3) is 5.91 Å². The predicted molar refractivity (Wildman–Crippen MR) is 101 cm³/mol. The number of likely N-dealkylation sites (tertiary alicyclic amines) is 1. The molecule has 7 nitrogen and oxygen atoms in total. The lowest BCUT2D eigenvalue weighted by molar-refractivity contribution is -0.121. The molecule has 0 aromatic heterocycles. The molecule has 1 aliphatic rings. The molecule has 2 aromatic rings. The zero-order valence-electron chi connectivity index (χ0n) is 15.0. The number of carbonyl (C=O) groups excluding carboxylic acids is 2. The molecular formula is C19H20FN3O4S. The summed E-state index contributed by atoms with van der Waals surface area (Å²) >= 11 is 0. The van der Waals surface area contributed by atoms with Crippen molar-refractivity contribution < 1.29 is 22.4 Å². The highest BCUT2D eigenvalue weighted by Gasteiger charge is 2.29. The van der Waals surface area contributed by atoms with Gasteiger partial charge in [-0.1, -0.05) is 0 Å². The van der Waals surface area contributed by atoms with Crippen molar-refractivity contribution in [1.82, 2.24) is 4.90 Å². The molecule has 3 N–H and O–H groups in total. The summed E-state index contributed by atoms with van der Waals surface area (Å²) < 4.78 is 35.6. The van der Waals surface area contributed by atoms with Crippen LogP contribution < -0.4 is 10.5 Å². The van der Waals surface area contributed by atoms with E-state index in [1.165, 1.54) is 48.5 Å². The molecule has 1 fully saturated rings. The molecule has 1 saturated heterocycles. The van der Waals surface area contributed by atoms with Gasteiger partial charge < -0.3 is 10.2 Å². The molecule has 0 spiro atoms. The van der Waals surface area contributed by atoms with Crippen LogP contribution in [-0.2, 0) is 14.8 Å². The van der Waals surface area contributed by atoms with Gasteiger partial charge in [-0.2, -0.15) is 0 Å². The third kappa shape index (κ3) is 4.73. The van der Waals surface area contributed by atoms with E-state index in [0.717, 1.165) is 0 Å². The Kier molecular flexibility index (Phi) is 5.76. The van der Waals surface area contributed by atoms with Crippen molar-refractivity contribution in [2.24, 2.45) is 11.1 Å². The van der Waals surface area contributed by atoms with E-state index in [2.05, 4.69) is 5.32 Å². The van der Waals surface area contributed by atoms with E-state index in [1.54, 1.807) is 4.90 Å². The molecule has 0 radical (unpaired) electrons. The molecule has 1 atom stereocenters. The summed E-state index contributed by atoms with van der Waals surface area (Å²) in [7, 11) is -3.79. The molecule has 0 bridgehead atoms. The quantitative estimate of drug-likeness (QED) is 0.810. The maximum atomic E-state index is 13.0. The summed E-state index contributed by atoms with van der Waals surface area (Å²) in [4.78, 5) is 26.7. The van der Waals surface area contributed by atoms with Crippen LogP contribution in [0.5, 0.6) is 0 Å². The SMILES string of the molecule is NS(=O)(=O)c1ccc(NC(=O)C2CCCN(C(=O)c3ccc(F)cc3)C2)cc1. The summed E-state index contributed by atoms with van der Waals surface area (Å²) in [6.07, 6.45) is 1.31. The number of anilines is 1. The monoisotopic (exact) mass is 405 g/mol. The second kappa shape index (κ2) is 8.07. The van der Waals surface area contributed by atoms with E-state index in [0.29, 0.717) is 30.6 Å². The highest BCUT2D eigenvalue weighted by atomic mass is 32.2. The van der Waals surface area contributed by atoms with Gasteiger partial charge in [-0.3, -0.25) is 9.59 Å². The van der Waals surface area contributed by atoms with E-state index in [-0.39, 0.29) is 23.3 Å². The van der Waals surface area contributed by atoms with Crippen LogP contribution in [-0.4, -0.2) is 38.2 Å². The molecular weight excluding hydrogens is 385 g/mol. The van der Waals surface area contributed by atoms with Crippen molar-refractivity contribution in [1.29, 1.82) is 0 Å². The number of nitrogens with one attached hydrogen (secondary N) is 1. The average molecular weight is 405 g/mol. The molecule has 9 heteroatoms. The Balaban J connectivity index is 1.64. The lowest BCUT2D eigenvalue weighted by atomic mass is 9.96. The summed E-state index contributed by atoms with van der Waals surface area (Å²) in [5.41, 5.74) is 0.820. The van der Waals surface area contributed by atoms with Gasteiger partial charge in [-0.15, -0.1) is 0 Å². The summed E-state index contributed by atoms with van der Waals surface area (Å²) in [5, 5.41) is 7.79. The number of halogens is 1. The molecule has 3 rings (SSSR count). The minimum Gasteiger partial charge on any atom is -0.338 e. The fraction of sp³-hybridized carbons (Fsp3) is 0.263. The van der Waals surface area contributed by atoms with Crippen LogP contribution in [0.4, 0.5) is 10.1 Å². The number of carbonyl (C=O) groups is 2. The smallest absolute Gasteiger partial charge is 0.253 e.